The number of aromatic nitrogens is 2. The second-order valence-corrected chi connectivity index (χ2v) is 12.2. The Labute approximate surface area is 219 Å². The lowest BCUT2D eigenvalue weighted by Crippen LogP contribution is -2.48. The lowest BCUT2D eigenvalue weighted by atomic mass is 9.85. The summed E-state index contributed by atoms with van der Waals surface area (Å²) in [4.78, 5) is 21.5. The molecule has 0 bridgehead atoms. The summed E-state index contributed by atoms with van der Waals surface area (Å²) >= 11 is 0. The van der Waals surface area contributed by atoms with Crippen LogP contribution in [-0.2, 0) is 4.79 Å². The maximum Gasteiger partial charge on any atom is 0.321 e. The highest BCUT2D eigenvalue weighted by molar-refractivity contribution is 5.74. The molecule has 2 aliphatic rings. The summed E-state index contributed by atoms with van der Waals surface area (Å²) in [5.74, 6) is 0.0579. The van der Waals surface area contributed by atoms with Crippen LogP contribution in [0.5, 0.6) is 0 Å². The average Bonchev–Trinajstić information content (AvgIpc) is 3.42. The van der Waals surface area contributed by atoms with Crippen molar-refractivity contribution in [3.8, 4) is 0 Å². The van der Waals surface area contributed by atoms with Gasteiger partial charge in [0.15, 0.2) is 0 Å². The molecular formula is C30H39FN4O2. The first-order chi connectivity index (χ1) is 17.6. The van der Waals surface area contributed by atoms with E-state index in [2.05, 4.69) is 46.0 Å². The second kappa shape index (κ2) is 10.2. The number of likely N-dealkylation sites (tertiary alicyclic amines) is 2. The molecule has 5 rings (SSSR count). The van der Waals surface area contributed by atoms with Gasteiger partial charge in [-0.25, -0.2) is 9.37 Å². The molecule has 2 aromatic heterocycles. The minimum Gasteiger partial charge on any atom is -0.480 e. The number of imidazole rings is 1. The molecule has 2 aliphatic heterocycles. The van der Waals surface area contributed by atoms with Gasteiger partial charge < -0.3 is 14.4 Å². The molecule has 4 heterocycles. The molecule has 0 amide bonds. The minimum atomic E-state index is -0.735. The maximum atomic E-state index is 13.9. The predicted molar refractivity (Wildman–Crippen MR) is 143 cm³/mol. The summed E-state index contributed by atoms with van der Waals surface area (Å²) in [7, 11) is 0. The highest BCUT2D eigenvalue weighted by atomic mass is 19.1. The van der Waals surface area contributed by atoms with Crippen LogP contribution in [0.15, 0.2) is 48.8 Å². The lowest BCUT2D eigenvalue weighted by Gasteiger charge is -2.36. The molecule has 0 aliphatic carbocycles. The van der Waals surface area contributed by atoms with Crippen LogP contribution in [0.25, 0.3) is 5.65 Å². The van der Waals surface area contributed by atoms with Crippen LogP contribution >= 0.6 is 0 Å². The third-order valence-electron chi connectivity index (χ3n) is 8.36. The molecule has 0 spiro atoms. The summed E-state index contributed by atoms with van der Waals surface area (Å²) in [5, 5.41) is 10.1. The van der Waals surface area contributed by atoms with Crippen molar-refractivity contribution in [2.75, 3.05) is 32.7 Å². The van der Waals surface area contributed by atoms with Gasteiger partial charge in [-0.2, -0.15) is 0 Å². The number of benzene rings is 1. The van der Waals surface area contributed by atoms with Crippen molar-refractivity contribution in [2.45, 2.75) is 58.4 Å². The quantitative estimate of drug-likeness (QED) is 0.500. The Morgan fingerprint density at radius 3 is 2.59 bits per heavy atom. The van der Waals surface area contributed by atoms with E-state index < -0.39 is 12.0 Å². The van der Waals surface area contributed by atoms with E-state index in [1.807, 2.05) is 31.4 Å². The van der Waals surface area contributed by atoms with Crippen molar-refractivity contribution in [2.24, 2.45) is 11.3 Å². The summed E-state index contributed by atoms with van der Waals surface area (Å²) in [6.45, 7) is 12.7. The van der Waals surface area contributed by atoms with Crippen molar-refractivity contribution < 1.29 is 14.3 Å². The molecule has 37 heavy (non-hydrogen) atoms. The van der Waals surface area contributed by atoms with Crippen LogP contribution in [0.4, 0.5) is 4.39 Å². The number of rotatable bonds is 6. The Kier molecular flexibility index (Phi) is 7.12. The van der Waals surface area contributed by atoms with E-state index in [4.69, 9.17) is 0 Å². The number of carboxylic acid groups (broad SMARTS) is 1. The van der Waals surface area contributed by atoms with E-state index in [1.165, 1.54) is 23.4 Å². The zero-order valence-electron chi connectivity index (χ0n) is 22.4. The van der Waals surface area contributed by atoms with Gasteiger partial charge in [0, 0.05) is 49.6 Å². The van der Waals surface area contributed by atoms with Gasteiger partial charge in [0.25, 0.3) is 0 Å². The minimum absolute atomic E-state index is 0.243. The van der Waals surface area contributed by atoms with Gasteiger partial charge in [-0.3, -0.25) is 9.69 Å². The topological polar surface area (TPSA) is 61.1 Å². The van der Waals surface area contributed by atoms with Crippen LogP contribution < -0.4 is 0 Å². The number of piperidine rings is 1. The van der Waals surface area contributed by atoms with Crippen molar-refractivity contribution in [1.82, 2.24) is 19.2 Å². The average molecular weight is 507 g/mol. The number of halogens is 1. The SMILES string of the molecule is Cc1cccc(C2CN(C(C(=O)O)C(C)(C)C)CC2CN2CCC(c3cnc4ccc(F)cn34)CC2)c1. The largest absolute Gasteiger partial charge is 0.480 e. The van der Waals surface area contributed by atoms with Gasteiger partial charge in [-0.15, -0.1) is 0 Å². The van der Waals surface area contributed by atoms with Gasteiger partial charge in [0.05, 0.1) is 0 Å². The molecule has 2 fully saturated rings. The van der Waals surface area contributed by atoms with Crippen LogP contribution in [0.1, 0.15) is 62.3 Å². The standard InChI is InChI=1S/C30H39FN4O2/c1-20-6-5-7-22(14-20)25-19-34(28(29(36)37)30(2,3)4)17-23(25)16-33-12-10-21(11-13-33)26-15-32-27-9-8-24(31)18-35(26)27/h5-9,14-15,18,21,23,25,28H,10-13,16-17,19H2,1-4H3,(H,36,37). The van der Waals surface area contributed by atoms with Gasteiger partial charge in [-0.1, -0.05) is 50.6 Å². The third kappa shape index (κ3) is 5.43. The highest BCUT2D eigenvalue weighted by Gasteiger charge is 2.44. The van der Waals surface area contributed by atoms with Crippen molar-refractivity contribution in [1.29, 1.82) is 0 Å². The van der Waals surface area contributed by atoms with Crippen LogP contribution in [0, 0.1) is 24.1 Å². The highest BCUT2D eigenvalue weighted by Crippen LogP contribution is 2.39. The Bertz CT molecular complexity index is 1260. The number of carboxylic acids is 1. The Balaban J connectivity index is 1.31. The van der Waals surface area contributed by atoms with E-state index in [0.29, 0.717) is 17.8 Å². The maximum absolute atomic E-state index is 13.9. The fourth-order valence-electron chi connectivity index (χ4n) is 6.67. The van der Waals surface area contributed by atoms with Gasteiger partial charge >= 0.3 is 5.97 Å². The Morgan fingerprint density at radius 2 is 1.92 bits per heavy atom. The third-order valence-corrected chi connectivity index (χ3v) is 8.36. The van der Waals surface area contributed by atoms with E-state index in [-0.39, 0.29) is 11.2 Å². The number of fused-ring (bicyclic) bond motifs is 1. The predicted octanol–water partition coefficient (Wildman–Crippen LogP) is 5.18. The van der Waals surface area contributed by atoms with Crippen LogP contribution in [0.3, 0.4) is 0 Å². The summed E-state index contributed by atoms with van der Waals surface area (Å²) in [5.41, 5.74) is 4.09. The fraction of sp³-hybridized carbons (Fsp3) is 0.533. The van der Waals surface area contributed by atoms with Gasteiger partial charge in [0.2, 0.25) is 0 Å². The first kappa shape index (κ1) is 25.9. The number of hydrogen-bond acceptors (Lipinski definition) is 4. The first-order valence-corrected chi connectivity index (χ1v) is 13.5. The van der Waals surface area contributed by atoms with Gasteiger partial charge in [-0.05, 0) is 61.9 Å². The molecule has 0 radical (unpaired) electrons. The zero-order valence-corrected chi connectivity index (χ0v) is 22.4. The van der Waals surface area contributed by atoms with E-state index in [9.17, 15) is 14.3 Å². The van der Waals surface area contributed by atoms with Crippen LogP contribution in [0.2, 0.25) is 0 Å². The summed E-state index contributed by atoms with van der Waals surface area (Å²) in [6, 6.07) is 11.4. The molecule has 3 aromatic rings. The summed E-state index contributed by atoms with van der Waals surface area (Å²) in [6.07, 6.45) is 5.46. The molecule has 1 aromatic carbocycles. The second-order valence-electron chi connectivity index (χ2n) is 12.2. The smallest absolute Gasteiger partial charge is 0.321 e. The number of nitrogens with zero attached hydrogens (tertiary/aromatic N) is 4. The lowest BCUT2D eigenvalue weighted by molar-refractivity contribution is -0.147. The van der Waals surface area contributed by atoms with E-state index in [0.717, 1.165) is 56.9 Å². The molecule has 7 heteroatoms. The van der Waals surface area contributed by atoms with E-state index in [1.54, 1.807) is 6.07 Å². The molecule has 3 unspecified atom stereocenters. The number of aliphatic carboxylic acids is 1. The molecule has 0 saturated carbocycles. The van der Waals surface area contributed by atoms with Crippen molar-refractivity contribution in [3.63, 3.8) is 0 Å². The molecule has 6 nitrogen and oxygen atoms in total. The molecule has 1 N–H and O–H groups in total. The first-order valence-electron chi connectivity index (χ1n) is 13.5. The molecular weight excluding hydrogens is 467 g/mol. The van der Waals surface area contributed by atoms with E-state index >= 15 is 0 Å². The molecule has 198 valence electrons. The number of carbonyl (C=O) groups is 1. The number of hydrogen-bond donors (Lipinski definition) is 1. The number of pyridine rings is 1. The zero-order chi connectivity index (χ0) is 26.3. The Hall–Kier alpha value is -2.77. The number of aryl methyl sites for hydroxylation is 1. The Morgan fingerprint density at radius 1 is 1.16 bits per heavy atom. The normalized spacial score (nSPS) is 23.1. The van der Waals surface area contributed by atoms with Crippen LogP contribution in [-0.4, -0.2) is 69.0 Å². The fourth-order valence-corrected chi connectivity index (χ4v) is 6.67. The molecule has 3 atom stereocenters. The monoisotopic (exact) mass is 506 g/mol. The van der Waals surface area contributed by atoms with Gasteiger partial charge in [0.1, 0.15) is 17.5 Å². The van der Waals surface area contributed by atoms with Crippen molar-refractivity contribution >= 4 is 11.6 Å². The molecule has 2 saturated heterocycles. The van der Waals surface area contributed by atoms with Crippen molar-refractivity contribution in [3.05, 3.63) is 71.4 Å². The summed E-state index contributed by atoms with van der Waals surface area (Å²) < 4.78 is 15.8.